The molecule has 1 aromatic heterocycles. The van der Waals surface area contributed by atoms with E-state index in [0.717, 1.165) is 24.8 Å². The summed E-state index contributed by atoms with van der Waals surface area (Å²) in [6.07, 6.45) is 2.70. The fourth-order valence-electron chi connectivity index (χ4n) is 3.87. The van der Waals surface area contributed by atoms with Gasteiger partial charge in [-0.05, 0) is 26.4 Å². The van der Waals surface area contributed by atoms with E-state index in [1.54, 1.807) is 11.3 Å². The van der Waals surface area contributed by atoms with Crippen LogP contribution in [0.2, 0.25) is 0 Å². The van der Waals surface area contributed by atoms with Gasteiger partial charge in [0.1, 0.15) is 0 Å². The van der Waals surface area contributed by atoms with Crippen molar-refractivity contribution in [1.82, 2.24) is 14.8 Å². The van der Waals surface area contributed by atoms with Gasteiger partial charge in [0.05, 0.1) is 5.69 Å². The Hall–Kier alpha value is -1.43. The molecule has 0 saturated carbocycles. The lowest BCUT2D eigenvalue weighted by atomic mass is 10.0. The predicted octanol–water partition coefficient (Wildman–Crippen LogP) is 3.03. The summed E-state index contributed by atoms with van der Waals surface area (Å²) in [5, 5.41) is 3.36. The van der Waals surface area contributed by atoms with Crippen LogP contribution in [-0.4, -0.2) is 67.1 Å². The molecule has 0 N–H and O–H groups in total. The zero-order valence-electron chi connectivity index (χ0n) is 14.4. The van der Waals surface area contributed by atoms with Crippen molar-refractivity contribution >= 4 is 16.5 Å². The molecule has 128 valence electrons. The van der Waals surface area contributed by atoms with Crippen LogP contribution < -0.4 is 4.90 Å². The number of aromatic nitrogens is 1. The third-order valence-electron chi connectivity index (χ3n) is 5.26. The highest BCUT2D eigenvalue weighted by Gasteiger charge is 2.27. The zero-order valence-corrected chi connectivity index (χ0v) is 15.2. The Morgan fingerprint density at radius 1 is 1.04 bits per heavy atom. The first-order valence-electron chi connectivity index (χ1n) is 8.98. The van der Waals surface area contributed by atoms with Gasteiger partial charge in [-0.2, -0.15) is 0 Å². The van der Waals surface area contributed by atoms with E-state index in [1.165, 1.54) is 49.7 Å². The van der Waals surface area contributed by atoms with E-state index in [4.69, 9.17) is 4.98 Å². The van der Waals surface area contributed by atoms with Crippen molar-refractivity contribution in [2.75, 3.05) is 51.2 Å². The lowest BCUT2D eigenvalue weighted by molar-refractivity contribution is 0.106. The number of likely N-dealkylation sites (N-methyl/N-ethyl adjacent to an activating group) is 1. The highest BCUT2D eigenvalue weighted by molar-refractivity contribution is 7.14. The second-order valence-electron chi connectivity index (χ2n) is 6.96. The number of piperidine rings is 1. The van der Waals surface area contributed by atoms with Gasteiger partial charge < -0.3 is 9.80 Å². The molecule has 0 aliphatic carbocycles. The summed E-state index contributed by atoms with van der Waals surface area (Å²) in [7, 11) is 2.25. The van der Waals surface area contributed by atoms with E-state index >= 15 is 0 Å². The molecule has 0 spiro atoms. The van der Waals surface area contributed by atoms with Crippen LogP contribution in [0.4, 0.5) is 5.13 Å². The number of hydrogen-bond donors (Lipinski definition) is 0. The minimum atomic E-state index is 0.752. The van der Waals surface area contributed by atoms with Crippen LogP contribution in [0.1, 0.15) is 12.8 Å². The van der Waals surface area contributed by atoms with E-state index in [9.17, 15) is 0 Å². The quantitative estimate of drug-likeness (QED) is 0.855. The van der Waals surface area contributed by atoms with Crippen LogP contribution >= 0.6 is 11.3 Å². The summed E-state index contributed by atoms with van der Waals surface area (Å²) in [6.45, 7) is 7.02. The third-order valence-corrected chi connectivity index (χ3v) is 6.16. The van der Waals surface area contributed by atoms with Crippen molar-refractivity contribution in [2.24, 2.45) is 0 Å². The van der Waals surface area contributed by atoms with Gasteiger partial charge in [-0.1, -0.05) is 30.3 Å². The molecule has 1 unspecified atom stereocenters. The second-order valence-corrected chi connectivity index (χ2v) is 7.80. The average molecular weight is 343 g/mol. The smallest absolute Gasteiger partial charge is 0.185 e. The Morgan fingerprint density at radius 2 is 1.83 bits per heavy atom. The lowest BCUT2D eigenvalue weighted by Crippen LogP contribution is -2.54. The summed E-state index contributed by atoms with van der Waals surface area (Å²) in [5.41, 5.74) is 2.32. The minimum Gasteiger partial charge on any atom is -0.346 e. The number of likely N-dealkylation sites (tertiary alicyclic amines) is 1. The maximum atomic E-state index is 4.87. The molecule has 3 heterocycles. The van der Waals surface area contributed by atoms with Gasteiger partial charge in [-0.15, -0.1) is 11.3 Å². The van der Waals surface area contributed by atoms with Gasteiger partial charge in [-0.25, -0.2) is 4.98 Å². The molecule has 0 bridgehead atoms. The maximum absolute atomic E-state index is 4.87. The topological polar surface area (TPSA) is 22.6 Å². The molecule has 0 amide bonds. The molecule has 4 rings (SSSR count). The summed E-state index contributed by atoms with van der Waals surface area (Å²) in [5.74, 6) is 0. The highest BCUT2D eigenvalue weighted by atomic mass is 32.1. The predicted molar refractivity (Wildman–Crippen MR) is 102 cm³/mol. The van der Waals surface area contributed by atoms with Gasteiger partial charge in [-0.3, -0.25) is 4.90 Å². The van der Waals surface area contributed by atoms with Crippen molar-refractivity contribution in [3.05, 3.63) is 35.7 Å². The highest BCUT2D eigenvalue weighted by Crippen LogP contribution is 2.28. The number of anilines is 1. The molecular formula is C19H26N4S. The fraction of sp³-hybridized carbons (Fsp3) is 0.526. The van der Waals surface area contributed by atoms with E-state index in [1.807, 2.05) is 0 Å². The van der Waals surface area contributed by atoms with Crippen molar-refractivity contribution in [3.63, 3.8) is 0 Å². The molecule has 2 aliphatic rings. The molecule has 5 heteroatoms. The largest absolute Gasteiger partial charge is 0.346 e. The van der Waals surface area contributed by atoms with Gasteiger partial charge in [0.15, 0.2) is 5.13 Å². The standard InChI is InChI=1S/C19H26N4S/c1-21-9-5-8-17(14-21)22-10-12-23(13-11-22)19-20-18(15-24-19)16-6-3-2-4-7-16/h2-4,6-7,15,17H,5,8-14H2,1H3. The number of thiazole rings is 1. The fourth-order valence-corrected chi connectivity index (χ4v) is 4.76. The van der Waals surface area contributed by atoms with Crippen molar-refractivity contribution in [2.45, 2.75) is 18.9 Å². The zero-order chi connectivity index (χ0) is 16.4. The number of piperazine rings is 1. The van der Waals surface area contributed by atoms with Crippen molar-refractivity contribution in [1.29, 1.82) is 0 Å². The Balaban J connectivity index is 1.37. The Kier molecular flexibility index (Phi) is 4.83. The number of nitrogens with zero attached hydrogens (tertiary/aromatic N) is 4. The van der Waals surface area contributed by atoms with E-state index < -0.39 is 0 Å². The Bertz CT molecular complexity index is 648. The summed E-state index contributed by atoms with van der Waals surface area (Å²) in [6, 6.07) is 11.2. The maximum Gasteiger partial charge on any atom is 0.185 e. The Morgan fingerprint density at radius 3 is 2.58 bits per heavy atom. The first kappa shape index (κ1) is 16.1. The SMILES string of the molecule is CN1CCCC(N2CCN(c3nc(-c4ccccc4)cs3)CC2)C1. The molecule has 2 aromatic rings. The first-order valence-corrected chi connectivity index (χ1v) is 9.86. The lowest BCUT2D eigenvalue weighted by Gasteiger charge is -2.42. The van der Waals surface area contributed by atoms with Gasteiger partial charge in [0.2, 0.25) is 0 Å². The summed E-state index contributed by atoms with van der Waals surface area (Å²) >= 11 is 1.78. The van der Waals surface area contributed by atoms with Crippen LogP contribution in [0.15, 0.2) is 35.7 Å². The normalized spacial score (nSPS) is 23.5. The summed E-state index contributed by atoms with van der Waals surface area (Å²) in [4.78, 5) is 12.5. The minimum absolute atomic E-state index is 0.752. The molecule has 2 aliphatic heterocycles. The monoisotopic (exact) mass is 342 g/mol. The average Bonchev–Trinajstić information content (AvgIpc) is 3.13. The van der Waals surface area contributed by atoms with E-state index in [0.29, 0.717) is 0 Å². The molecule has 0 radical (unpaired) electrons. The molecule has 1 aromatic carbocycles. The van der Waals surface area contributed by atoms with Crippen LogP contribution in [0.25, 0.3) is 11.3 Å². The third kappa shape index (κ3) is 3.48. The van der Waals surface area contributed by atoms with Gasteiger partial charge >= 0.3 is 0 Å². The van der Waals surface area contributed by atoms with Crippen molar-refractivity contribution in [3.8, 4) is 11.3 Å². The summed E-state index contributed by atoms with van der Waals surface area (Å²) < 4.78 is 0. The number of benzene rings is 1. The first-order chi connectivity index (χ1) is 11.8. The van der Waals surface area contributed by atoms with Gasteiger partial charge in [0, 0.05) is 49.7 Å². The number of hydrogen-bond acceptors (Lipinski definition) is 5. The second kappa shape index (κ2) is 7.21. The van der Waals surface area contributed by atoms with Crippen LogP contribution in [0.5, 0.6) is 0 Å². The van der Waals surface area contributed by atoms with Crippen molar-refractivity contribution < 1.29 is 0 Å². The van der Waals surface area contributed by atoms with Crippen LogP contribution in [0, 0.1) is 0 Å². The van der Waals surface area contributed by atoms with Crippen LogP contribution in [0.3, 0.4) is 0 Å². The molecule has 2 fully saturated rings. The van der Waals surface area contributed by atoms with Crippen LogP contribution in [-0.2, 0) is 0 Å². The van der Waals surface area contributed by atoms with E-state index in [2.05, 4.69) is 57.5 Å². The molecule has 4 nitrogen and oxygen atoms in total. The van der Waals surface area contributed by atoms with Gasteiger partial charge in [0.25, 0.3) is 0 Å². The number of rotatable bonds is 3. The molecule has 24 heavy (non-hydrogen) atoms. The molecule has 2 saturated heterocycles. The molecule has 1 atom stereocenters. The van der Waals surface area contributed by atoms with E-state index in [-0.39, 0.29) is 0 Å². The Labute approximate surface area is 148 Å². The molecular weight excluding hydrogens is 316 g/mol.